The number of rotatable bonds is 4. The Morgan fingerprint density at radius 3 is 2.54 bits per heavy atom. The van der Waals surface area contributed by atoms with Gasteiger partial charge in [-0.1, -0.05) is 18.2 Å². The second-order valence-electron chi connectivity index (χ2n) is 8.05. The summed E-state index contributed by atoms with van der Waals surface area (Å²) in [5.74, 6) is 0.188. The number of nitrogens with zero attached hydrogens (tertiary/aromatic N) is 1. The molecule has 2 fully saturated rings. The fourth-order valence-electron chi connectivity index (χ4n) is 4.74. The number of amides is 1. The molecule has 1 amide bonds. The van der Waals surface area contributed by atoms with Gasteiger partial charge in [0, 0.05) is 6.04 Å². The van der Waals surface area contributed by atoms with Gasteiger partial charge in [0.25, 0.3) is 0 Å². The van der Waals surface area contributed by atoms with Crippen LogP contribution < -0.4 is 5.32 Å². The van der Waals surface area contributed by atoms with Crippen molar-refractivity contribution in [2.45, 2.75) is 57.0 Å². The molecule has 1 aliphatic carbocycles. The Morgan fingerprint density at radius 1 is 1.04 bits per heavy atom. The summed E-state index contributed by atoms with van der Waals surface area (Å²) in [7, 11) is -3.07. The topological polar surface area (TPSA) is 66.5 Å². The number of benzene rings is 1. The molecule has 26 heavy (non-hydrogen) atoms. The standard InChI is InChI=1S/C20H28N2O3S/c23-20(12-15-7-8-16-5-1-2-6-17(16)11-15)21-18-13-26(24,25)14-19(18)22-9-3-4-10-22/h7-8,11,18-19H,1-6,9-10,12-14H2,(H,21,23). The van der Waals surface area contributed by atoms with Gasteiger partial charge < -0.3 is 5.32 Å². The van der Waals surface area contributed by atoms with Gasteiger partial charge in [-0.3, -0.25) is 9.69 Å². The number of carbonyl (C=O) groups excluding carboxylic acids is 1. The van der Waals surface area contributed by atoms with Gasteiger partial charge in [0.15, 0.2) is 9.84 Å². The average molecular weight is 377 g/mol. The maximum Gasteiger partial charge on any atom is 0.224 e. The largest absolute Gasteiger partial charge is 0.350 e. The summed E-state index contributed by atoms with van der Waals surface area (Å²) in [6, 6.07) is 6.03. The molecule has 0 aromatic heterocycles. The Labute approximate surface area is 156 Å². The number of carbonyl (C=O) groups is 1. The van der Waals surface area contributed by atoms with Crippen LogP contribution in [0.3, 0.4) is 0 Å². The van der Waals surface area contributed by atoms with Crippen LogP contribution in [0, 0.1) is 0 Å². The molecule has 5 nitrogen and oxygen atoms in total. The van der Waals surface area contributed by atoms with Crippen molar-refractivity contribution < 1.29 is 13.2 Å². The smallest absolute Gasteiger partial charge is 0.224 e. The number of fused-ring (bicyclic) bond motifs is 1. The highest BCUT2D eigenvalue weighted by Crippen LogP contribution is 2.24. The van der Waals surface area contributed by atoms with Crippen molar-refractivity contribution in [1.82, 2.24) is 10.2 Å². The normalized spacial score (nSPS) is 28.0. The number of sulfone groups is 1. The van der Waals surface area contributed by atoms with Gasteiger partial charge in [-0.05, 0) is 68.3 Å². The average Bonchev–Trinajstić information content (AvgIpc) is 3.22. The van der Waals surface area contributed by atoms with Crippen molar-refractivity contribution >= 4 is 15.7 Å². The van der Waals surface area contributed by atoms with Crippen LogP contribution in [-0.2, 0) is 33.9 Å². The summed E-state index contributed by atoms with van der Waals surface area (Å²) >= 11 is 0. The minimum absolute atomic E-state index is 0.0602. The van der Waals surface area contributed by atoms with Crippen molar-refractivity contribution in [3.63, 3.8) is 0 Å². The molecule has 3 aliphatic rings. The summed E-state index contributed by atoms with van der Waals surface area (Å²) in [5.41, 5.74) is 3.82. The van der Waals surface area contributed by atoms with Crippen LogP contribution >= 0.6 is 0 Å². The fourth-order valence-corrected chi connectivity index (χ4v) is 6.69. The molecule has 0 bridgehead atoms. The summed E-state index contributed by atoms with van der Waals surface area (Å²) in [5, 5.41) is 3.03. The molecule has 1 aromatic carbocycles. The van der Waals surface area contributed by atoms with E-state index in [9.17, 15) is 13.2 Å². The predicted molar refractivity (Wildman–Crippen MR) is 102 cm³/mol. The number of likely N-dealkylation sites (tertiary alicyclic amines) is 1. The van der Waals surface area contributed by atoms with Crippen LogP contribution in [0.4, 0.5) is 0 Å². The van der Waals surface area contributed by atoms with Crippen molar-refractivity contribution in [2.24, 2.45) is 0 Å². The number of aryl methyl sites for hydroxylation is 2. The molecule has 4 rings (SSSR count). The minimum atomic E-state index is -3.07. The van der Waals surface area contributed by atoms with Crippen LogP contribution in [0.15, 0.2) is 18.2 Å². The van der Waals surface area contributed by atoms with E-state index in [-0.39, 0.29) is 29.5 Å². The van der Waals surface area contributed by atoms with E-state index in [0.717, 1.165) is 44.3 Å². The third kappa shape index (κ3) is 3.96. The molecule has 1 aromatic rings. The lowest BCUT2D eigenvalue weighted by Crippen LogP contribution is -2.50. The Hall–Kier alpha value is -1.40. The summed E-state index contributed by atoms with van der Waals surface area (Å²) in [6.07, 6.45) is 7.28. The highest BCUT2D eigenvalue weighted by Gasteiger charge is 2.42. The van der Waals surface area contributed by atoms with Crippen LogP contribution in [0.5, 0.6) is 0 Å². The Bertz CT molecular complexity index is 784. The van der Waals surface area contributed by atoms with E-state index in [2.05, 4.69) is 22.3 Å². The summed E-state index contributed by atoms with van der Waals surface area (Å²) < 4.78 is 24.3. The molecule has 0 spiro atoms. The molecule has 2 saturated heterocycles. The van der Waals surface area contributed by atoms with Gasteiger partial charge in [0.1, 0.15) is 0 Å². The van der Waals surface area contributed by atoms with E-state index in [1.807, 2.05) is 6.07 Å². The van der Waals surface area contributed by atoms with Crippen molar-refractivity contribution in [3.05, 3.63) is 34.9 Å². The molecule has 142 valence electrons. The van der Waals surface area contributed by atoms with Crippen LogP contribution in [0.25, 0.3) is 0 Å². The first-order chi connectivity index (χ1) is 12.5. The molecular formula is C20H28N2O3S. The molecule has 2 unspecified atom stereocenters. The highest BCUT2D eigenvalue weighted by atomic mass is 32.2. The molecule has 1 N–H and O–H groups in total. The summed E-state index contributed by atoms with van der Waals surface area (Å²) in [6.45, 7) is 1.88. The van der Waals surface area contributed by atoms with Gasteiger partial charge in [0.2, 0.25) is 5.91 Å². The Morgan fingerprint density at radius 2 is 1.77 bits per heavy atom. The Balaban J connectivity index is 1.42. The van der Waals surface area contributed by atoms with E-state index in [1.165, 1.54) is 24.0 Å². The number of nitrogens with one attached hydrogen (secondary N) is 1. The lowest BCUT2D eigenvalue weighted by atomic mass is 9.90. The van der Waals surface area contributed by atoms with E-state index in [1.54, 1.807) is 0 Å². The number of hydrogen-bond donors (Lipinski definition) is 1. The first-order valence-electron chi connectivity index (χ1n) is 9.85. The zero-order valence-electron chi connectivity index (χ0n) is 15.2. The van der Waals surface area contributed by atoms with Gasteiger partial charge in [-0.25, -0.2) is 8.42 Å². The molecule has 2 atom stereocenters. The zero-order valence-corrected chi connectivity index (χ0v) is 16.1. The first kappa shape index (κ1) is 18.0. The molecule has 0 radical (unpaired) electrons. The molecule has 0 saturated carbocycles. The van der Waals surface area contributed by atoms with Gasteiger partial charge in [0.05, 0.1) is 24.0 Å². The quantitative estimate of drug-likeness (QED) is 0.865. The SMILES string of the molecule is O=C(Cc1ccc2c(c1)CCCC2)NC1CS(=O)(=O)CC1N1CCCC1. The van der Waals surface area contributed by atoms with Crippen LogP contribution in [0.1, 0.15) is 42.4 Å². The molecular weight excluding hydrogens is 348 g/mol. The van der Waals surface area contributed by atoms with Gasteiger partial charge >= 0.3 is 0 Å². The van der Waals surface area contributed by atoms with E-state index >= 15 is 0 Å². The monoisotopic (exact) mass is 376 g/mol. The maximum atomic E-state index is 12.6. The van der Waals surface area contributed by atoms with E-state index < -0.39 is 9.84 Å². The maximum absolute atomic E-state index is 12.6. The van der Waals surface area contributed by atoms with Crippen molar-refractivity contribution in [1.29, 1.82) is 0 Å². The zero-order chi connectivity index (χ0) is 18.1. The van der Waals surface area contributed by atoms with Gasteiger partial charge in [-0.15, -0.1) is 0 Å². The van der Waals surface area contributed by atoms with E-state index in [0.29, 0.717) is 6.42 Å². The van der Waals surface area contributed by atoms with E-state index in [4.69, 9.17) is 0 Å². The van der Waals surface area contributed by atoms with Crippen molar-refractivity contribution in [2.75, 3.05) is 24.6 Å². The second kappa shape index (κ2) is 7.31. The van der Waals surface area contributed by atoms with Crippen LogP contribution in [0.2, 0.25) is 0 Å². The minimum Gasteiger partial charge on any atom is -0.350 e. The highest BCUT2D eigenvalue weighted by molar-refractivity contribution is 7.91. The third-order valence-corrected chi connectivity index (χ3v) is 7.77. The lowest BCUT2D eigenvalue weighted by molar-refractivity contribution is -0.121. The molecule has 6 heteroatoms. The van der Waals surface area contributed by atoms with Crippen molar-refractivity contribution in [3.8, 4) is 0 Å². The van der Waals surface area contributed by atoms with Crippen LogP contribution in [-0.4, -0.2) is 55.9 Å². The third-order valence-electron chi connectivity index (χ3n) is 6.06. The number of hydrogen-bond acceptors (Lipinski definition) is 4. The summed E-state index contributed by atoms with van der Waals surface area (Å²) in [4.78, 5) is 14.8. The predicted octanol–water partition coefficient (Wildman–Crippen LogP) is 1.49. The second-order valence-corrected chi connectivity index (χ2v) is 10.2. The molecule has 2 aliphatic heterocycles. The first-order valence-corrected chi connectivity index (χ1v) is 11.7. The molecule has 2 heterocycles. The fraction of sp³-hybridized carbons (Fsp3) is 0.650. The lowest BCUT2D eigenvalue weighted by Gasteiger charge is -2.28. The Kier molecular flexibility index (Phi) is 5.06. The van der Waals surface area contributed by atoms with Gasteiger partial charge in [-0.2, -0.15) is 0 Å².